The van der Waals surface area contributed by atoms with Crippen LogP contribution in [0, 0.1) is 0 Å². The summed E-state index contributed by atoms with van der Waals surface area (Å²) in [5.41, 5.74) is 8.36. The van der Waals surface area contributed by atoms with Crippen LogP contribution >= 0.6 is 0 Å². The molecule has 150 valence electrons. The van der Waals surface area contributed by atoms with Crippen molar-refractivity contribution in [2.45, 2.75) is 19.3 Å². The van der Waals surface area contributed by atoms with E-state index in [0.717, 1.165) is 42.2 Å². The second kappa shape index (κ2) is 8.83. The number of aliphatic carboxylic acids is 1. The van der Waals surface area contributed by atoms with Gasteiger partial charge < -0.3 is 9.84 Å². The monoisotopic (exact) mass is 396 g/mol. The lowest BCUT2D eigenvalue weighted by Gasteiger charge is -2.17. The highest BCUT2D eigenvalue weighted by molar-refractivity contribution is 6.00. The number of benzene rings is 3. The summed E-state index contributed by atoms with van der Waals surface area (Å²) in [7, 11) is 1.69. The third kappa shape index (κ3) is 4.20. The largest absolute Gasteiger partial charge is 0.497 e. The molecule has 0 spiro atoms. The normalized spacial score (nSPS) is 13.8. The Morgan fingerprint density at radius 2 is 1.73 bits per heavy atom. The van der Waals surface area contributed by atoms with E-state index in [-0.39, 0.29) is 0 Å². The summed E-state index contributed by atoms with van der Waals surface area (Å²) in [4.78, 5) is 10.8. The molecule has 4 rings (SSSR count). The summed E-state index contributed by atoms with van der Waals surface area (Å²) >= 11 is 0. The number of carboxylic acid groups (broad SMARTS) is 1. The second-order valence-corrected chi connectivity index (χ2v) is 7.39. The van der Waals surface area contributed by atoms with E-state index in [1.54, 1.807) is 13.2 Å². The van der Waals surface area contributed by atoms with Crippen LogP contribution in [0.3, 0.4) is 0 Å². The first-order valence-corrected chi connectivity index (χ1v) is 10.1. The molecule has 0 amide bonds. The minimum atomic E-state index is -0.945. The van der Waals surface area contributed by atoms with Crippen LogP contribution in [0.25, 0.3) is 17.2 Å². The van der Waals surface area contributed by atoms with Crippen LogP contribution in [0.2, 0.25) is 0 Å². The Bertz CT molecular complexity index is 1120. The van der Waals surface area contributed by atoms with Crippen LogP contribution in [-0.2, 0) is 11.2 Å². The fraction of sp³-hybridized carbons (Fsp3) is 0.148. The van der Waals surface area contributed by atoms with E-state index in [0.29, 0.717) is 0 Å². The standard InChI is InChI=1S/C27H24O3/c1-30-23-9-4-8-22(18-23)25-11-5-7-20-6-2-3-10-24(20)27(25)21-15-12-19(13-16-21)14-17-26(28)29/h2-4,6,8-10,12-18H,5,7,11H2,1H3,(H,28,29). The van der Waals surface area contributed by atoms with E-state index in [2.05, 4.69) is 48.5 Å². The molecule has 0 atom stereocenters. The number of carbonyl (C=O) groups is 1. The first-order valence-electron chi connectivity index (χ1n) is 10.1. The van der Waals surface area contributed by atoms with Crippen molar-refractivity contribution in [3.05, 3.63) is 107 Å². The smallest absolute Gasteiger partial charge is 0.328 e. The van der Waals surface area contributed by atoms with E-state index in [9.17, 15) is 4.79 Å². The highest BCUT2D eigenvalue weighted by atomic mass is 16.5. The third-order valence-electron chi connectivity index (χ3n) is 5.50. The molecular weight excluding hydrogens is 372 g/mol. The van der Waals surface area contributed by atoms with Crippen molar-refractivity contribution in [2.75, 3.05) is 7.11 Å². The van der Waals surface area contributed by atoms with Gasteiger partial charge in [0.25, 0.3) is 0 Å². The Hall–Kier alpha value is -3.59. The quantitative estimate of drug-likeness (QED) is 0.531. The minimum absolute atomic E-state index is 0.853. The van der Waals surface area contributed by atoms with Gasteiger partial charge in [0.05, 0.1) is 7.11 Å². The molecule has 30 heavy (non-hydrogen) atoms. The zero-order valence-corrected chi connectivity index (χ0v) is 17.0. The maximum Gasteiger partial charge on any atom is 0.328 e. The molecule has 0 saturated carbocycles. The maximum atomic E-state index is 10.8. The van der Waals surface area contributed by atoms with Crippen LogP contribution < -0.4 is 4.74 Å². The number of fused-ring (bicyclic) bond motifs is 1. The molecule has 0 fully saturated rings. The number of methoxy groups -OCH3 is 1. The highest BCUT2D eigenvalue weighted by Gasteiger charge is 2.20. The molecule has 0 bridgehead atoms. The predicted molar refractivity (Wildman–Crippen MR) is 121 cm³/mol. The molecule has 1 aliphatic carbocycles. The Morgan fingerprint density at radius 1 is 0.933 bits per heavy atom. The average molecular weight is 396 g/mol. The summed E-state index contributed by atoms with van der Waals surface area (Å²) in [6.07, 6.45) is 5.90. The van der Waals surface area contributed by atoms with Crippen molar-refractivity contribution < 1.29 is 14.6 Å². The molecule has 3 heteroatoms. The Kier molecular flexibility index (Phi) is 5.80. The molecule has 0 radical (unpaired) electrons. The first kappa shape index (κ1) is 19.7. The van der Waals surface area contributed by atoms with Crippen molar-refractivity contribution >= 4 is 23.2 Å². The molecular formula is C27H24O3. The molecule has 3 nitrogen and oxygen atoms in total. The van der Waals surface area contributed by atoms with Crippen LogP contribution in [0.4, 0.5) is 0 Å². The van der Waals surface area contributed by atoms with E-state index >= 15 is 0 Å². The summed E-state index contributed by atoms with van der Waals surface area (Å²) in [5.74, 6) is -0.0918. The van der Waals surface area contributed by atoms with Crippen LogP contribution in [0.1, 0.15) is 40.7 Å². The number of rotatable bonds is 5. The number of ether oxygens (including phenoxy) is 1. The lowest BCUT2D eigenvalue weighted by atomic mass is 9.87. The zero-order valence-electron chi connectivity index (χ0n) is 17.0. The molecule has 0 unspecified atom stereocenters. The summed E-state index contributed by atoms with van der Waals surface area (Å²) in [6, 6.07) is 25.0. The molecule has 1 aliphatic rings. The lowest BCUT2D eigenvalue weighted by molar-refractivity contribution is -0.131. The maximum absolute atomic E-state index is 10.8. The minimum Gasteiger partial charge on any atom is -0.497 e. The lowest BCUT2D eigenvalue weighted by Crippen LogP contribution is -1.96. The number of aryl methyl sites for hydroxylation is 1. The summed E-state index contributed by atoms with van der Waals surface area (Å²) in [6.45, 7) is 0. The first-order chi connectivity index (χ1) is 14.7. The predicted octanol–water partition coefficient (Wildman–Crippen LogP) is 6.09. The van der Waals surface area contributed by atoms with Crippen molar-refractivity contribution in [1.29, 1.82) is 0 Å². The van der Waals surface area contributed by atoms with E-state index < -0.39 is 5.97 Å². The van der Waals surface area contributed by atoms with E-state index in [4.69, 9.17) is 9.84 Å². The van der Waals surface area contributed by atoms with Crippen molar-refractivity contribution in [2.24, 2.45) is 0 Å². The van der Waals surface area contributed by atoms with Gasteiger partial charge in [0, 0.05) is 6.08 Å². The average Bonchev–Trinajstić information content (AvgIpc) is 2.98. The highest BCUT2D eigenvalue weighted by Crippen LogP contribution is 2.40. The SMILES string of the molecule is COc1cccc(C2=C(c3ccc(C=CC(=O)O)cc3)c3ccccc3CCC2)c1. The van der Waals surface area contributed by atoms with Crippen molar-refractivity contribution in [3.8, 4) is 5.75 Å². The van der Waals surface area contributed by atoms with E-state index in [1.165, 1.54) is 27.8 Å². The Labute approximate surface area is 177 Å². The fourth-order valence-electron chi connectivity index (χ4n) is 4.08. The van der Waals surface area contributed by atoms with Gasteiger partial charge in [-0.2, -0.15) is 0 Å². The van der Waals surface area contributed by atoms with Gasteiger partial charge in [0.2, 0.25) is 0 Å². The zero-order chi connectivity index (χ0) is 20.9. The topological polar surface area (TPSA) is 46.5 Å². The molecule has 0 heterocycles. The van der Waals surface area contributed by atoms with Gasteiger partial charge in [0.1, 0.15) is 5.75 Å². The van der Waals surface area contributed by atoms with Gasteiger partial charge in [-0.3, -0.25) is 0 Å². The van der Waals surface area contributed by atoms with Gasteiger partial charge in [-0.25, -0.2) is 4.79 Å². The number of hydrogen-bond donors (Lipinski definition) is 1. The van der Waals surface area contributed by atoms with Crippen LogP contribution in [0.5, 0.6) is 5.75 Å². The molecule has 0 aromatic heterocycles. The second-order valence-electron chi connectivity index (χ2n) is 7.39. The van der Waals surface area contributed by atoms with Gasteiger partial charge in [0.15, 0.2) is 0 Å². The van der Waals surface area contributed by atoms with Crippen LogP contribution in [-0.4, -0.2) is 18.2 Å². The summed E-state index contributed by atoms with van der Waals surface area (Å²) in [5, 5.41) is 8.87. The summed E-state index contributed by atoms with van der Waals surface area (Å²) < 4.78 is 5.47. The van der Waals surface area contributed by atoms with Gasteiger partial charge in [-0.15, -0.1) is 0 Å². The Morgan fingerprint density at radius 3 is 2.50 bits per heavy atom. The molecule has 1 N–H and O–H groups in total. The fourth-order valence-corrected chi connectivity index (χ4v) is 4.08. The van der Waals surface area contributed by atoms with Gasteiger partial charge >= 0.3 is 5.97 Å². The number of allylic oxidation sites excluding steroid dienone is 1. The van der Waals surface area contributed by atoms with Crippen LogP contribution in [0.15, 0.2) is 78.9 Å². The third-order valence-corrected chi connectivity index (χ3v) is 5.50. The number of hydrogen-bond acceptors (Lipinski definition) is 2. The molecule has 0 aliphatic heterocycles. The van der Waals surface area contributed by atoms with E-state index in [1.807, 2.05) is 24.3 Å². The van der Waals surface area contributed by atoms with Crippen molar-refractivity contribution in [3.63, 3.8) is 0 Å². The Balaban J connectivity index is 1.89. The van der Waals surface area contributed by atoms with Gasteiger partial charge in [-0.1, -0.05) is 60.7 Å². The van der Waals surface area contributed by atoms with Crippen molar-refractivity contribution in [1.82, 2.24) is 0 Å². The van der Waals surface area contributed by atoms with Gasteiger partial charge in [-0.05, 0) is 76.4 Å². The molecule has 0 saturated heterocycles. The molecule has 3 aromatic rings. The molecule has 3 aromatic carbocycles. The number of carboxylic acids is 1.